The molecular weight excluding hydrogens is 258 g/mol. The van der Waals surface area contributed by atoms with Crippen molar-refractivity contribution in [2.24, 2.45) is 0 Å². The molecule has 2 fully saturated rings. The predicted molar refractivity (Wildman–Crippen MR) is 87.6 cm³/mol. The highest BCUT2D eigenvalue weighted by Crippen LogP contribution is 2.33. The van der Waals surface area contributed by atoms with E-state index in [1.165, 1.54) is 56.9 Å². The molecule has 2 atom stereocenters. The van der Waals surface area contributed by atoms with Gasteiger partial charge in [-0.2, -0.15) is 0 Å². The van der Waals surface area contributed by atoms with Gasteiger partial charge in [-0.3, -0.25) is 0 Å². The van der Waals surface area contributed by atoms with E-state index in [1.807, 2.05) is 7.11 Å². The summed E-state index contributed by atoms with van der Waals surface area (Å²) >= 11 is 0. The molecule has 0 spiro atoms. The Morgan fingerprint density at radius 1 is 0.905 bits per heavy atom. The Labute approximate surface area is 129 Å². The lowest BCUT2D eigenvalue weighted by Gasteiger charge is -2.37. The summed E-state index contributed by atoms with van der Waals surface area (Å²) in [7, 11) is 1.87. The third-order valence-corrected chi connectivity index (χ3v) is 5.45. The number of nitrogens with one attached hydrogen (secondary N) is 1. The van der Waals surface area contributed by atoms with Crippen molar-refractivity contribution in [3.05, 3.63) is 35.9 Å². The summed E-state index contributed by atoms with van der Waals surface area (Å²) in [6.07, 6.45) is 10.9. The zero-order valence-electron chi connectivity index (χ0n) is 13.3. The number of methoxy groups -OCH3 is 1. The van der Waals surface area contributed by atoms with E-state index in [0.717, 1.165) is 5.92 Å². The Hall–Kier alpha value is -0.860. The van der Waals surface area contributed by atoms with Crippen LogP contribution in [-0.4, -0.2) is 25.3 Å². The Balaban J connectivity index is 1.49. The van der Waals surface area contributed by atoms with Gasteiger partial charge in [0.15, 0.2) is 0 Å². The van der Waals surface area contributed by atoms with Crippen molar-refractivity contribution in [1.82, 2.24) is 5.32 Å². The van der Waals surface area contributed by atoms with Gasteiger partial charge in [0.1, 0.15) is 0 Å². The topological polar surface area (TPSA) is 21.3 Å². The Morgan fingerprint density at radius 2 is 1.62 bits per heavy atom. The molecule has 116 valence electrons. The molecule has 2 unspecified atom stereocenters. The molecule has 21 heavy (non-hydrogen) atoms. The maximum Gasteiger partial charge on any atom is 0.0724 e. The second-order valence-electron chi connectivity index (χ2n) is 6.79. The van der Waals surface area contributed by atoms with E-state index in [1.54, 1.807) is 0 Å². The summed E-state index contributed by atoms with van der Waals surface area (Å²) in [5.41, 5.74) is 1.53. The van der Waals surface area contributed by atoms with Gasteiger partial charge < -0.3 is 10.1 Å². The molecule has 2 aliphatic rings. The summed E-state index contributed by atoms with van der Waals surface area (Å²) in [6, 6.07) is 12.3. The first-order valence-corrected chi connectivity index (χ1v) is 8.70. The lowest BCUT2D eigenvalue weighted by molar-refractivity contribution is 0.0355. The Bertz CT molecular complexity index is 411. The molecule has 0 aromatic heterocycles. The van der Waals surface area contributed by atoms with Gasteiger partial charge in [-0.15, -0.1) is 0 Å². The van der Waals surface area contributed by atoms with Gasteiger partial charge in [-0.25, -0.2) is 0 Å². The molecule has 1 N–H and O–H groups in total. The van der Waals surface area contributed by atoms with Crippen molar-refractivity contribution >= 4 is 0 Å². The first-order chi connectivity index (χ1) is 10.4. The molecule has 2 aliphatic carbocycles. The normalized spacial score (nSPS) is 33.8. The molecule has 0 heterocycles. The summed E-state index contributed by atoms with van der Waals surface area (Å²) in [4.78, 5) is 0. The fourth-order valence-electron chi connectivity index (χ4n) is 4.19. The first kappa shape index (κ1) is 15.1. The minimum absolute atomic E-state index is 0.436. The number of hydrogen-bond acceptors (Lipinski definition) is 2. The van der Waals surface area contributed by atoms with Crippen molar-refractivity contribution in [3.63, 3.8) is 0 Å². The molecule has 2 saturated carbocycles. The predicted octanol–water partition coefficient (Wildman–Crippen LogP) is 4.26. The second kappa shape index (κ2) is 7.42. The third kappa shape index (κ3) is 3.87. The molecule has 1 aromatic carbocycles. The molecule has 1 aromatic rings. The van der Waals surface area contributed by atoms with Crippen LogP contribution in [0.5, 0.6) is 0 Å². The second-order valence-corrected chi connectivity index (χ2v) is 6.79. The van der Waals surface area contributed by atoms with E-state index in [2.05, 4.69) is 35.6 Å². The molecule has 0 radical (unpaired) electrons. The Kier molecular flexibility index (Phi) is 5.32. The number of hydrogen-bond donors (Lipinski definition) is 1. The monoisotopic (exact) mass is 287 g/mol. The fraction of sp³-hybridized carbons (Fsp3) is 0.684. The number of ether oxygens (including phenoxy) is 1. The summed E-state index contributed by atoms with van der Waals surface area (Å²) in [5, 5.41) is 3.91. The van der Waals surface area contributed by atoms with Crippen LogP contribution in [0.4, 0.5) is 0 Å². The first-order valence-electron chi connectivity index (χ1n) is 8.70. The highest BCUT2D eigenvalue weighted by molar-refractivity contribution is 5.20. The molecule has 0 bridgehead atoms. The van der Waals surface area contributed by atoms with Crippen molar-refractivity contribution in [2.45, 2.75) is 75.5 Å². The molecule has 2 nitrogen and oxygen atoms in total. The van der Waals surface area contributed by atoms with Crippen molar-refractivity contribution in [1.29, 1.82) is 0 Å². The average Bonchev–Trinajstić information content (AvgIpc) is 2.57. The van der Waals surface area contributed by atoms with E-state index >= 15 is 0 Å². The van der Waals surface area contributed by atoms with Gasteiger partial charge in [0.2, 0.25) is 0 Å². The van der Waals surface area contributed by atoms with Crippen LogP contribution < -0.4 is 5.32 Å². The van der Waals surface area contributed by atoms with Crippen LogP contribution in [-0.2, 0) is 4.74 Å². The zero-order valence-corrected chi connectivity index (χ0v) is 13.3. The lowest BCUT2D eigenvalue weighted by Crippen LogP contribution is -2.48. The third-order valence-electron chi connectivity index (χ3n) is 5.45. The highest BCUT2D eigenvalue weighted by atomic mass is 16.5. The molecule has 0 aliphatic heterocycles. The van der Waals surface area contributed by atoms with E-state index in [4.69, 9.17) is 4.74 Å². The van der Waals surface area contributed by atoms with Gasteiger partial charge >= 0.3 is 0 Å². The van der Waals surface area contributed by atoms with Crippen molar-refractivity contribution < 1.29 is 4.74 Å². The molecule has 2 heteroatoms. The van der Waals surface area contributed by atoms with E-state index in [-0.39, 0.29) is 0 Å². The highest BCUT2D eigenvalue weighted by Gasteiger charge is 2.29. The van der Waals surface area contributed by atoms with Crippen LogP contribution in [0.25, 0.3) is 0 Å². The minimum atomic E-state index is 0.436. The lowest BCUT2D eigenvalue weighted by atomic mass is 9.81. The molecule has 0 amide bonds. The minimum Gasteiger partial charge on any atom is -0.380 e. The average molecular weight is 287 g/mol. The number of benzene rings is 1. The zero-order chi connectivity index (χ0) is 14.5. The standard InChI is InChI=1S/C19H29NO/c1-21-19-10-6-5-9-18(19)20-17-13-11-16(12-14-17)15-7-3-2-4-8-15/h2-4,7-8,16-20H,5-6,9-14H2,1H3. The SMILES string of the molecule is COC1CCCCC1NC1CCC(c2ccccc2)CC1. The van der Waals surface area contributed by atoms with Gasteiger partial charge in [0, 0.05) is 19.2 Å². The smallest absolute Gasteiger partial charge is 0.0724 e. The van der Waals surface area contributed by atoms with E-state index in [9.17, 15) is 0 Å². The maximum absolute atomic E-state index is 5.67. The van der Waals surface area contributed by atoms with Gasteiger partial charge in [-0.1, -0.05) is 43.2 Å². The van der Waals surface area contributed by atoms with Crippen LogP contribution >= 0.6 is 0 Å². The van der Waals surface area contributed by atoms with Gasteiger partial charge in [0.05, 0.1) is 6.10 Å². The van der Waals surface area contributed by atoms with Crippen LogP contribution in [0.1, 0.15) is 62.8 Å². The largest absolute Gasteiger partial charge is 0.380 e. The Morgan fingerprint density at radius 3 is 2.33 bits per heavy atom. The quantitative estimate of drug-likeness (QED) is 0.893. The molecule has 0 saturated heterocycles. The van der Waals surface area contributed by atoms with Crippen molar-refractivity contribution in [2.75, 3.05) is 7.11 Å². The van der Waals surface area contributed by atoms with Gasteiger partial charge in [-0.05, 0) is 50.0 Å². The fourth-order valence-corrected chi connectivity index (χ4v) is 4.19. The van der Waals surface area contributed by atoms with Crippen LogP contribution in [0, 0.1) is 0 Å². The van der Waals surface area contributed by atoms with Crippen LogP contribution in [0.3, 0.4) is 0 Å². The van der Waals surface area contributed by atoms with Crippen LogP contribution in [0.15, 0.2) is 30.3 Å². The van der Waals surface area contributed by atoms with E-state index in [0.29, 0.717) is 18.2 Å². The maximum atomic E-state index is 5.67. The van der Waals surface area contributed by atoms with Crippen LogP contribution in [0.2, 0.25) is 0 Å². The summed E-state index contributed by atoms with van der Waals surface area (Å²) in [5.74, 6) is 0.772. The van der Waals surface area contributed by atoms with E-state index < -0.39 is 0 Å². The van der Waals surface area contributed by atoms with Gasteiger partial charge in [0.25, 0.3) is 0 Å². The van der Waals surface area contributed by atoms with Crippen molar-refractivity contribution in [3.8, 4) is 0 Å². The molecular formula is C19H29NO. The number of rotatable bonds is 4. The summed E-state index contributed by atoms with van der Waals surface area (Å²) < 4.78 is 5.67. The molecule has 3 rings (SSSR count). The summed E-state index contributed by atoms with van der Waals surface area (Å²) in [6.45, 7) is 0.